The lowest BCUT2D eigenvalue weighted by Crippen LogP contribution is -2.34. The summed E-state index contributed by atoms with van der Waals surface area (Å²) >= 11 is 0. The molecule has 0 aliphatic heterocycles. The number of aromatic nitrogens is 2. The fourth-order valence-electron chi connectivity index (χ4n) is 3.16. The van der Waals surface area contributed by atoms with Crippen LogP contribution in [0.2, 0.25) is 0 Å². The average Bonchev–Trinajstić information content (AvgIpc) is 3.10. The van der Waals surface area contributed by atoms with E-state index in [-0.39, 0.29) is 6.61 Å². The fourth-order valence-corrected chi connectivity index (χ4v) is 3.16. The summed E-state index contributed by atoms with van der Waals surface area (Å²) in [6, 6.07) is 10.3. The zero-order valence-electron chi connectivity index (χ0n) is 16.2. The van der Waals surface area contributed by atoms with Crippen molar-refractivity contribution < 1.29 is 9.84 Å². The first kappa shape index (κ1) is 19.2. The van der Waals surface area contributed by atoms with Gasteiger partial charge in [0, 0.05) is 25.3 Å². The SMILES string of the molecule is Cc1cc(OCC(O)CNCCNc2c(C)cccc2C)c2cn[nH]c2c1. The van der Waals surface area contributed by atoms with E-state index in [0.717, 1.165) is 35.3 Å². The molecule has 3 aromatic rings. The van der Waals surface area contributed by atoms with Crippen molar-refractivity contribution >= 4 is 16.6 Å². The summed E-state index contributed by atoms with van der Waals surface area (Å²) < 4.78 is 5.81. The second kappa shape index (κ2) is 8.88. The summed E-state index contributed by atoms with van der Waals surface area (Å²) in [7, 11) is 0. The number of anilines is 1. The molecule has 0 saturated carbocycles. The molecule has 0 amide bonds. The van der Waals surface area contributed by atoms with Crippen LogP contribution in [0.25, 0.3) is 10.9 Å². The van der Waals surface area contributed by atoms with Crippen LogP contribution in [0.3, 0.4) is 0 Å². The van der Waals surface area contributed by atoms with E-state index in [1.807, 2.05) is 19.1 Å². The van der Waals surface area contributed by atoms with E-state index in [1.54, 1.807) is 6.20 Å². The van der Waals surface area contributed by atoms with Crippen molar-refractivity contribution in [2.24, 2.45) is 0 Å². The lowest BCUT2D eigenvalue weighted by atomic mass is 10.1. The maximum Gasteiger partial charge on any atom is 0.130 e. The largest absolute Gasteiger partial charge is 0.490 e. The van der Waals surface area contributed by atoms with Crippen molar-refractivity contribution in [3.63, 3.8) is 0 Å². The van der Waals surface area contributed by atoms with Crippen molar-refractivity contribution in [3.8, 4) is 5.75 Å². The van der Waals surface area contributed by atoms with Crippen molar-refractivity contribution in [2.75, 3.05) is 31.6 Å². The Morgan fingerprint density at radius 2 is 1.93 bits per heavy atom. The van der Waals surface area contributed by atoms with Crippen molar-refractivity contribution in [1.29, 1.82) is 0 Å². The molecule has 2 aromatic carbocycles. The van der Waals surface area contributed by atoms with Crippen LogP contribution in [0.4, 0.5) is 5.69 Å². The maximum absolute atomic E-state index is 10.2. The standard InChI is InChI=1S/C21H28N4O2/c1-14-9-19-18(12-24-25-19)20(10-14)27-13-17(26)11-22-7-8-23-21-15(2)5-4-6-16(21)3/h4-6,9-10,12,17,22-23,26H,7-8,11,13H2,1-3H3,(H,24,25). The van der Waals surface area contributed by atoms with Gasteiger partial charge in [-0.2, -0.15) is 5.10 Å². The molecule has 0 spiro atoms. The van der Waals surface area contributed by atoms with Gasteiger partial charge in [-0.05, 0) is 49.6 Å². The van der Waals surface area contributed by atoms with E-state index in [4.69, 9.17) is 4.74 Å². The van der Waals surface area contributed by atoms with Crippen LogP contribution < -0.4 is 15.4 Å². The number of aryl methyl sites for hydroxylation is 3. The second-order valence-electron chi connectivity index (χ2n) is 6.96. The van der Waals surface area contributed by atoms with Gasteiger partial charge in [-0.15, -0.1) is 0 Å². The van der Waals surface area contributed by atoms with E-state index in [9.17, 15) is 5.11 Å². The van der Waals surface area contributed by atoms with E-state index in [0.29, 0.717) is 6.54 Å². The summed E-state index contributed by atoms with van der Waals surface area (Å²) in [5.74, 6) is 0.745. The molecule has 1 aromatic heterocycles. The molecule has 1 atom stereocenters. The summed E-state index contributed by atoms with van der Waals surface area (Å²) in [4.78, 5) is 0. The lowest BCUT2D eigenvalue weighted by molar-refractivity contribution is 0.107. The van der Waals surface area contributed by atoms with Gasteiger partial charge in [-0.25, -0.2) is 0 Å². The molecule has 144 valence electrons. The minimum Gasteiger partial charge on any atom is -0.490 e. The van der Waals surface area contributed by atoms with E-state index >= 15 is 0 Å². The Hall–Kier alpha value is -2.57. The number of hydrogen-bond donors (Lipinski definition) is 4. The van der Waals surface area contributed by atoms with Gasteiger partial charge < -0.3 is 20.5 Å². The zero-order valence-corrected chi connectivity index (χ0v) is 16.2. The van der Waals surface area contributed by atoms with Crippen LogP contribution in [0.5, 0.6) is 5.75 Å². The number of nitrogens with zero attached hydrogens (tertiary/aromatic N) is 1. The van der Waals surface area contributed by atoms with Crippen LogP contribution in [-0.2, 0) is 0 Å². The minimum atomic E-state index is -0.576. The van der Waals surface area contributed by atoms with Gasteiger partial charge in [0.15, 0.2) is 0 Å². The summed E-state index contributed by atoms with van der Waals surface area (Å²) in [5, 5.41) is 24.8. The molecule has 0 radical (unpaired) electrons. The highest BCUT2D eigenvalue weighted by molar-refractivity contribution is 5.85. The highest BCUT2D eigenvalue weighted by Crippen LogP contribution is 2.25. The first-order valence-corrected chi connectivity index (χ1v) is 9.30. The van der Waals surface area contributed by atoms with Gasteiger partial charge in [0.2, 0.25) is 0 Å². The number of nitrogens with one attached hydrogen (secondary N) is 3. The third kappa shape index (κ3) is 4.99. The molecular weight excluding hydrogens is 340 g/mol. The molecule has 1 heterocycles. The Morgan fingerprint density at radius 1 is 1.15 bits per heavy atom. The summed E-state index contributed by atoms with van der Waals surface area (Å²) in [6.45, 7) is 8.50. The van der Waals surface area contributed by atoms with Crippen LogP contribution in [0.15, 0.2) is 36.5 Å². The second-order valence-corrected chi connectivity index (χ2v) is 6.96. The van der Waals surface area contributed by atoms with Crippen LogP contribution in [0.1, 0.15) is 16.7 Å². The third-order valence-corrected chi connectivity index (χ3v) is 4.56. The van der Waals surface area contributed by atoms with Crippen molar-refractivity contribution in [2.45, 2.75) is 26.9 Å². The molecule has 1 unspecified atom stereocenters. The Bertz CT molecular complexity index is 871. The van der Waals surface area contributed by atoms with Crippen molar-refractivity contribution in [3.05, 3.63) is 53.2 Å². The summed E-state index contributed by atoms with van der Waals surface area (Å²) in [6.07, 6.45) is 1.17. The van der Waals surface area contributed by atoms with Gasteiger partial charge in [0.1, 0.15) is 18.5 Å². The number of aromatic amines is 1. The van der Waals surface area contributed by atoms with Gasteiger partial charge in [0.25, 0.3) is 0 Å². The molecule has 0 aliphatic carbocycles. The Labute approximate surface area is 159 Å². The molecule has 0 aliphatic rings. The van der Waals surface area contributed by atoms with Crippen LogP contribution >= 0.6 is 0 Å². The van der Waals surface area contributed by atoms with Crippen LogP contribution in [-0.4, -0.2) is 47.6 Å². The predicted octanol–water partition coefficient (Wildman–Crippen LogP) is 2.93. The number of benzene rings is 2. The number of hydrogen-bond acceptors (Lipinski definition) is 5. The van der Waals surface area contributed by atoms with Gasteiger partial charge in [0.05, 0.1) is 17.1 Å². The van der Waals surface area contributed by atoms with Gasteiger partial charge in [-0.3, -0.25) is 5.10 Å². The molecule has 0 bridgehead atoms. The predicted molar refractivity (Wildman–Crippen MR) is 110 cm³/mol. The molecule has 0 saturated heterocycles. The number of fused-ring (bicyclic) bond motifs is 1. The molecule has 4 N–H and O–H groups in total. The molecule has 0 fully saturated rings. The fraction of sp³-hybridized carbons (Fsp3) is 0.381. The zero-order chi connectivity index (χ0) is 19.2. The van der Waals surface area contributed by atoms with Gasteiger partial charge in [-0.1, -0.05) is 18.2 Å². The van der Waals surface area contributed by atoms with E-state index in [2.05, 4.69) is 52.9 Å². The number of H-pyrrole nitrogens is 1. The molecule has 6 nitrogen and oxygen atoms in total. The number of rotatable bonds is 9. The average molecular weight is 368 g/mol. The Morgan fingerprint density at radius 3 is 2.70 bits per heavy atom. The monoisotopic (exact) mass is 368 g/mol. The van der Waals surface area contributed by atoms with Crippen molar-refractivity contribution in [1.82, 2.24) is 15.5 Å². The Kier molecular flexibility index (Phi) is 6.32. The smallest absolute Gasteiger partial charge is 0.130 e. The molecule has 27 heavy (non-hydrogen) atoms. The highest BCUT2D eigenvalue weighted by Gasteiger charge is 2.09. The summed E-state index contributed by atoms with van der Waals surface area (Å²) in [5.41, 5.74) is 5.70. The number of para-hydroxylation sites is 1. The van der Waals surface area contributed by atoms with E-state index < -0.39 is 6.10 Å². The Balaban J connectivity index is 1.40. The number of aliphatic hydroxyl groups excluding tert-OH is 1. The normalized spacial score (nSPS) is 12.3. The molecule has 3 rings (SSSR count). The minimum absolute atomic E-state index is 0.237. The number of ether oxygens (including phenoxy) is 1. The first-order chi connectivity index (χ1) is 13.0. The lowest BCUT2D eigenvalue weighted by Gasteiger charge is -2.15. The maximum atomic E-state index is 10.2. The van der Waals surface area contributed by atoms with E-state index in [1.165, 1.54) is 16.8 Å². The quantitative estimate of drug-likeness (QED) is 0.437. The molecule has 6 heteroatoms. The molecular formula is C21H28N4O2. The highest BCUT2D eigenvalue weighted by atomic mass is 16.5. The van der Waals surface area contributed by atoms with Gasteiger partial charge >= 0.3 is 0 Å². The van der Waals surface area contributed by atoms with Crippen LogP contribution in [0, 0.1) is 20.8 Å². The third-order valence-electron chi connectivity index (χ3n) is 4.56. The number of aliphatic hydroxyl groups is 1. The topological polar surface area (TPSA) is 82.2 Å². The first-order valence-electron chi connectivity index (χ1n) is 9.30.